The number of hydrogen-bond donors (Lipinski definition) is 2. The molecule has 0 spiro atoms. The molecule has 0 bridgehead atoms. The lowest BCUT2D eigenvalue weighted by atomic mass is 9.96. The first-order chi connectivity index (χ1) is 9.16. The highest BCUT2D eigenvalue weighted by atomic mass is 79.9. The minimum absolute atomic E-state index is 0.145. The van der Waals surface area contributed by atoms with Crippen LogP contribution in [0.25, 0.3) is 0 Å². The maximum absolute atomic E-state index is 13.2. The predicted molar refractivity (Wildman–Crippen MR) is 75.1 cm³/mol. The van der Waals surface area contributed by atoms with Gasteiger partial charge in [-0.15, -0.1) is 0 Å². The number of fused-ring (bicyclic) bond motifs is 1. The van der Waals surface area contributed by atoms with E-state index >= 15 is 0 Å². The van der Waals surface area contributed by atoms with Crippen molar-refractivity contribution in [2.45, 2.75) is 18.7 Å². The maximum Gasteiger partial charge on any atom is 0.137 e. The SMILES string of the molecule is OC(c1ccc(F)c(Br)c1)C1NCc2ccccc21. The van der Waals surface area contributed by atoms with Gasteiger partial charge in [0.25, 0.3) is 0 Å². The van der Waals surface area contributed by atoms with Crippen molar-refractivity contribution in [2.75, 3.05) is 0 Å². The Hall–Kier alpha value is -1.23. The topological polar surface area (TPSA) is 32.3 Å². The van der Waals surface area contributed by atoms with Crippen molar-refractivity contribution in [3.05, 3.63) is 69.4 Å². The Labute approximate surface area is 119 Å². The van der Waals surface area contributed by atoms with Gasteiger partial charge in [-0.1, -0.05) is 30.3 Å². The average molecular weight is 322 g/mol. The molecule has 3 rings (SSSR count). The summed E-state index contributed by atoms with van der Waals surface area (Å²) in [5.41, 5.74) is 3.01. The number of halogens is 2. The van der Waals surface area contributed by atoms with Crippen LogP contribution in [0, 0.1) is 5.82 Å². The number of hydrogen-bond acceptors (Lipinski definition) is 2. The van der Waals surface area contributed by atoms with Crippen LogP contribution in [0.5, 0.6) is 0 Å². The average Bonchev–Trinajstić information content (AvgIpc) is 2.85. The maximum atomic E-state index is 13.2. The zero-order valence-corrected chi connectivity index (χ0v) is 11.7. The molecule has 2 atom stereocenters. The zero-order chi connectivity index (χ0) is 13.4. The predicted octanol–water partition coefficient (Wildman–Crippen LogP) is 3.47. The largest absolute Gasteiger partial charge is 0.386 e. The van der Waals surface area contributed by atoms with Gasteiger partial charge in [0.05, 0.1) is 16.6 Å². The molecule has 2 nitrogen and oxygen atoms in total. The lowest BCUT2D eigenvalue weighted by molar-refractivity contribution is 0.133. The number of nitrogens with one attached hydrogen (secondary N) is 1. The molecule has 0 saturated heterocycles. The van der Waals surface area contributed by atoms with Gasteiger partial charge in [-0.3, -0.25) is 0 Å². The van der Waals surface area contributed by atoms with Crippen LogP contribution in [-0.2, 0) is 6.54 Å². The van der Waals surface area contributed by atoms with Gasteiger partial charge in [-0.05, 0) is 44.8 Å². The second kappa shape index (κ2) is 5.04. The van der Waals surface area contributed by atoms with Crippen molar-refractivity contribution >= 4 is 15.9 Å². The summed E-state index contributed by atoms with van der Waals surface area (Å²) in [6, 6.07) is 12.5. The summed E-state index contributed by atoms with van der Waals surface area (Å²) in [5, 5.41) is 13.8. The molecule has 0 amide bonds. The van der Waals surface area contributed by atoms with E-state index in [1.807, 2.05) is 18.2 Å². The van der Waals surface area contributed by atoms with Crippen LogP contribution >= 0.6 is 15.9 Å². The third kappa shape index (κ3) is 2.31. The molecule has 0 aromatic heterocycles. The highest BCUT2D eigenvalue weighted by molar-refractivity contribution is 9.10. The molecule has 2 unspecified atom stereocenters. The molecule has 98 valence electrons. The Morgan fingerprint density at radius 2 is 2.05 bits per heavy atom. The first-order valence-electron chi connectivity index (χ1n) is 6.11. The molecule has 0 radical (unpaired) electrons. The summed E-state index contributed by atoms with van der Waals surface area (Å²) in [4.78, 5) is 0. The molecule has 1 aliphatic heterocycles. The van der Waals surface area contributed by atoms with Crippen LogP contribution < -0.4 is 5.32 Å². The molecular weight excluding hydrogens is 309 g/mol. The summed E-state index contributed by atoms with van der Waals surface area (Å²) in [5.74, 6) is -0.323. The smallest absolute Gasteiger partial charge is 0.137 e. The van der Waals surface area contributed by atoms with Crippen LogP contribution in [-0.4, -0.2) is 5.11 Å². The molecule has 0 aliphatic carbocycles. The van der Waals surface area contributed by atoms with Crippen molar-refractivity contribution in [1.82, 2.24) is 5.32 Å². The van der Waals surface area contributed by atoms with E-state index in [-0.39, 0.29) is 11.9 Å². The minimum Gasteiger partial charge on any atom is -0.386 e. The second-order valence-electron chi connectivity index (χ2n) is 4.68. The van der Waals surface area contributed by atoms with Gasteiger partial charge >= 0.3 is 0 Å². The second-order valence-corrected chi connectivity index (χ2v) is 5.53. The first kappa shape index (κ1) is 12.8. The summed E-state index contributed by atoms with van der Waals surface area (Å²) in [7, 11) is 0. The highest BCUT2D eigenvalue weighted by Gasteiger charge is 2.29. The molecule has 1 aliphatic rings. The molecule has 1 heterocycles. The van der Waals surface area contributed by atoms with Gasteiger partial charge in [0.1, 0.15) is 5.82 Å². The quantitative estimate of drug-likeness (QED) is 0.887. The summed E-state index contributed by atoms with van der Waals surface area (Å²) in [6.07, 6.45) is -0.694. The first-order valence-corrected chi connectivity index (χ1v) is 6.90. The lowest BCUT2D eigenvalue weighted by Crippen LogP contribution is -2.20. The fourth-order valence-electron chi connectivity index (χ4n) is 2.50. The Bertz CT molecular complexity index is 617. The molecule has 0 fully saturated rings. The third-order valence-electron chi connectivity index (χ3n) is 3.50. The van der Waals surface area contributed by atoms with Crippen molar-refractivity contribution in [1.29, 1.82) is 0 Å². The van der Waals surface area contributed by atoms with Crippen molar-refractivity contribution in [3.63, 3.8) is 0 Å². The zero-order valence-electron chi connectivity index (χ0n) is 10.1. The van der Waals surface area contributed by atoms with E-state index in [9.17, 15) is 9.50 Å². The van der Waals surface area contributed by atoms with Gasteiger partial charge in [0.15, 0.2) is 0 Å². The van der Waals surface area contributed by atoms with Crippen LogP contribution in [0.1, 0.15) is 28.8 Å². The van der Waals surface area contributed by atoms with E-state index in [0.29, 0.717) is 10.0 Å². The van der Waals surface area contributed by atoms with Crippen LogP contribution in [0.2, 0.25) is 0 Å². The van der Waals surface area contributed by atoms with E-state index in [1.54, 1.807) is 12.1 Å². The molecule has 4 heteroatoms. The number of aliphatic hydroxyl groups is 1. The monoisotopic (exact) mass is 321 g/mol. The Morgan fingerprint density at radius 3 is 2.84 bits per heavy atom. The van der Waals surface area contributed by atoms with Crippen LogP contribution in [0.3, 0.4) is 0 Å². The lowest BCUT2D eigenvalue weighted by Gasteiger charge is -2.20. The molecule has 2 N–H and O–H groups in total. The number of aliphatic hydroxyl groups excluding tert-OH is 1. The van der Waals surface area contributed by atoms with Crippen LogP contribution in [0.15, 0.2) is 46.9 Å². The van der Waals surface area contributed by atoms with E-state index in [0.717, 1.165) is 12.1 Å². The van der Waals surface area contributed by atoms with Gasteiger partial charge < -0.3 is 10.4 Å². The number of rotatable bonds is 2. The van der Waals surface area contributed by atoms with Gasteiger partial charge in [-0.25, -0.2) is 4.39 Å². The summed E-state index contributed by atoms with van der Waals surface area (Å²) < 4.78 is 13.6. The highest BCUT2D eigenvalue weighted by Crippen LogP contribution is 2.35. The Balaban J connectivity index is 1.93. The van der Waals surface area contributed by atoms with Gasteiger partial charge in [-0.2, -0.15) is 0 Å². The normalized spacial score (nSPS) is 19.2. The minimum atomic E-state index is -0.694. The van der Waals surface area contributed by atoms with Crippen molar-refractivity contribution in [2.24, 2.45) is 0 Å². The Kier molecular flexibility index (Phi) is 3.39. The van der Waals surface area contributed by atoms with Gasteiger partial charge in [0, 0.05) is 6.54 Å². The number of benzene rings is 2. The van der Waals surface area contributed by atoms with Crippen molar-refractivity contribution in [3.8, 4) is 0 Å². The standard InChI is InChI=1S/C15H13BrFNO/c16-12-7-9(5-6-13(12)17)15(19)14-11-4-2-1-3-10(11)8-18-14/h1-7,14-15,18-19H,8H2. The fraction of sp³-hybridized carbons (Fsp3) is 0.200. The van der Waals surface area contributed by atoms with Crippen molar-refractivity contribution < 1.29 is 9.50 Å². The van der Waals surface area contributed by atoms with Gasteiger partial charge in [0.2, 0.25) is 0 Å². The van der Waals surface area contributed by atoms with E-state index in [4.69, 9.17) is 0 Å². The van der Waals surface area contributed by atoms with E-state index in [1.165, 1.54) is 11.6 Å². The summed E-state index contributed by atoms with van der Waals surface area (Å²) in [6.45, 7) is 0.750. The third-order valence-corrected chi connectivity index (χ3v) is 4.11. The molecule has 2 aromatic carbocycles. The summed E-state index contributed by atoms with van der Waals surface area (Å²) >= 11 is 3.15. The molecule has 0 saturated carbocycles. The molecule has 2 aromatic rings. The Morgan fingerprint density at radius 1 is 1.26 bits per heavy atom. The molecular formula is C15H13BrFNO. The molecule has 19 heavy (non-hydrogen) atoms. The van der Waals surface area contributed by atoms with Crippen LogP contribution in [0.4, 0.5) is 4.39 Å². The van der Waals surface area contributed by atoms with E-state index in [2.05, 4.69) is 27.3 Å². The van der Waals surface area contributed by atoms with E-state index < -0.39 is 6.10 Å². The fourth-order valence-corrected chi connectivity index (χ4v) is 2.90.